The molecule has 0 aromatic heterocycles. The standard InChI is InChI=1S/C19H22N2O/c1-14-6-5-7-15(12-14)13-20-21-18(22)16-8-10-17(11-9-16)19(2,3)4/h5-13H,1-4H3,(H,21,22)/b20-13-. The van der Waals surface area contributed by atoms with Gasteiger partial charge in [0.1, 0.15) is 0 Å². The summed E-state index contributed by atoms with van der Waals surface area (Å²) in [5.74, 6) is -0.204. The van der Waals surface area contributed by atoms with Crippen molar-refractivity contribution in [2.75, 3.05) is 0 Å². The normalized spacial score (nSPS) is 11.6. The largest absolute Gasteiger partial charge is 0.271 e. The number of hydrazone groups is 1. The summed E-state index contributed by atoms with van der Waals surface area (Å²) in [5.41, 5.74) is 6.57. The van der Waals surface area contributed by atoms with Gasteiger partial charge in [-0.05, 0) is 35.6 Å². The van der Waals surface area contributed by atoms with Crippen LogP contribution in [0.1, 0.15) is 47.8 Å². The Morgan fingerprint density at radius 2 is 1.77 bits per heavy atom. The fourth-order valence-electron chi connectivity index (χ4n) is 2.10. The molecule has 0 aliphatic rings. The van der Waals surface area contributed by atoms with Gasteiger partial charge in [-0.2, -0.15) is 5.10 Å². The van der Waals surface area contributed by atoms with Crippen molar-refractivity contribution in [1.29, 1.82) is 0 Å². The lowest BCUT2D eigenvalue weighted by Gasteiger charge is -2.18. The zero-order chi connectivity index (χ0) is 16.2. The second-order valence-corrected chi connectivity index (χ2v) is 6.44. The van der Waals surface area contributed by atoms with Crippen molar-refractivity contribution < 1.29 is 4.79 Å². The smallest absolute Gasteiger partial charge is 0.267 e. The molecule has 0 saturated carbocycles. The molecule has 22 heavy (non-hydrogen) atoms. The molecular weight excluding hydrogens is 272 g/mol. The number of amides is 1. The van der Waals surface area contributed by atoms with Gasteiger partial charge < -0.3 is 0 Å². The van der Waals surface area contributed by atoms with Crippen molar-refractivity contribution in [3.05, 3.63) is 70.8 Å². The van der Waals surface area contributed by atoms with E-state index in [1.165, 1.54) is 5.56 Å². The quantitative estimate of drug-likeness (QED) is 0.673. The fraction of sp³-hybridized carbons (Fsp3) is 0.263. The Labute approximate surface area is 132 Å². The number of carbonyl (C=O) groups is 1. The molecule has 3 nitrogen and oxygen atoms in total. The summed E-state index contributed by atoms with van der Waals surface area (Å²) in [7, 11) is 0. The van der Waals surface area contributed by atoms with Crippen molar-refractivity contribution >= 4 is 12.1 Å². The van der Waals surface area contributed by atoms with Crippen LogP contribution >= 0.6 is 0 Å². The number of nitrogens with one attached hydrogen (secondary N) is 1. The summed E-state index contributed by atoms with van der Waals surface area (Å²) >= 11 is 0. The minimum Gasteiger partial charge on any atom is -0.267 e. The summed E-state index contributed by atoms with van der Waals surface area (Å²) in [4.78, 5) is 12.0. The first-order valence-corrected chi connectivity index (χ1v) is 7.37. The predicted molar refractivity (Wildman–Crippen MR) is 91.4 cm³/mol. The van der Waals surface area contributed by atoms with Crippen LogP contribution in [-0.2, 0) is 5.41 Å². The van der Waals surface area contributed by atoms with Crippen molar-refractivity contribution in [3.63, 3.8) is 0 Å². The first-order valence-electron chi connectivity index (χ1n) is 7.37. The summed E-state index contributed by atoms with van der Waals surface area (Å²) < 4.78 is 0. The maximum absolute atomic E-state index is 12.0. The molecular formula is C19H22N2O. The lowest BCUT2D eigenvalue weighted by molar-refractivity contribution is 0.0955. The Kier molecular flexibility index (Phi) is 4.76. The number of carbonyl (C=O) groups excluding carboxylic acids is 1. The van der Waals surface area contributed by atoms with E-state index < -0.39 is 0 Å². The SMILES string of the molecule is Cc1cccc(/C=N\NC(=O)c2ccc(C(C)(C)C)cc2)c1. The Morgan fingerprint density at radius 3 is 2.36 bits per heavy atom. The monoisotopic (exact) mass is 294 g/mol. The van der Waals surface area contributed by atoms with Crippen molar-refractivity contribution in [1.82, 2.24) is 5.43 Å². The molecule has 1 amide bonds. The van der Waals surface area contributed by atoms with Crippen LogP contribution in [0.2, 0.25) is 0 Å². The third-order valence-corrected chi connectivity index (χ3v) is 3.43. The van der Waals surface area contributed by atoms with Crippen molar-refractivity contribution in [3.8, 4) is 0 Å². The number of hydrogen-bond donors (Lipinski definition) is 1. The maximum Gasteiger partial charge on any atom is 0.271 e. The Hall–Kier alpha value is -2.42. The molecule has 0 aliphatic heterocycles. The fourth-order valence-corrected chi connectivity index (χ4v) is 2.10. The minimum atomic E-state index is -0.204. The Balaban J connectivity index is 2.00. The third-order valence-electron chi connectivity index (χ3n) is 3.43. The number of aryl methyl sites for hydroxylation is 1. The highest BCUT2D eigenvalue weighted by Crippen LogP contribution is 2.22. The molecule has 0 unspecified atom stereocenters. The van der Waals surface area contributed by atoms with Crippen molar-refractivity contribution in [2.24, 2.45) is 5.10 Å². The van der Waals surface area contributed by atoms with Gasteiger partial charge in [0.2, 0.25) is 0 Å². The molecule has 2 rings (SSSR count). The highest BCUT2D eigenvalue weighted by Gasteiger charge is 2.14. The van der Waals surface area contributed by atoms with Gasteiger partial charge in [0.05, 0.1) is 6.21 Å². The minimum absolute atomic E-state index is 0.0817. The van der Waals surface area contributed by atoms with E-state index in [2.05, 4.69) is 31.3 Å². The molecule has 0 bridgehead atoms. The number of nitrogens with zero attached hydrogens (tertiary/aromatic N) is 1. The summed E-state index contributed by atoms with van der Waals surface area (Å²) in [6.45, 7) is 8.46. The first-order chi connectivity index (χ1) is 10.4. The molecule has 2 aromatic carbocycles. The van der Waals surface area contributed by atoms with Crippen molar-refractivity contribution in [2.45, 2.75) is 33.1 Å². The lowest BCUT2D eigenvalue weighted by Crippen LogP contribution is -2.18. The maximum atomic E-state index is 12.0. The van der Waals surface area contributed by atoms with Gasteiger partial charge >= 0.3 is 0 Å². The van der Waals surface area contributed by atoms with E-state index in [9.17, 15) is 4.79 Å². The van der Waals surface area contributed by atoms with Gasteiger partial charge in [0.25, 0.3) is 5.91 Å². The van der Waals surface area contributed by atoms with Gasteiger partial charge in [-0.15, -0.1) is 0 Å². The van der Waals surface area contributed by atoms with Crippen LogP contribution in [-0.4, -0.2) is 12.1 Å². The summed E-state index contributed by atoms with van der Waals surface area (Å²) in [5, 5.41) is 4.01. The van der Waals surface area contributed by atoms with Crippen LogP contribution in [0.4, 0.5) is 0 Å². The van der Waals surface area contributed by atoms with Gasteiger partial charge in [0.15, 0.2) is 0 Å². The molecule has 0 radical (unpaired) electrons. The van der Waals surface area contributed by atoms with E-state index in [1.54, 1.807) is 6.21 Å². The van der Waals surface area contributed by atoms with Gasteiger partial charge in [0, 0.05) is 5.56 Å². The molecule has 0 spiro atoms. The van der Waals surface area contributed by atoms with E-state index in [0.717, 1.165) is 11.1 Å². The number of rotatable bonds is 3. The zero-order valence-corrected chi connectivity index (χ0v) is 13.6. The molecule has 0 heterocycles. The molecule has 0 saturated heterocycles. The van der Waals surface area contributed by atoms with Crippen LogP contribution in [0.15, 0.2) is 53.6 Å². The molecule has 1 N–H and O–H groups in total. The van der Waals surface area contributed by atoms with Gasteiger partial charge in [-0.25, -0.2) is 5.43 Å². The van der Waals surface area contributed by atoms with Crippen LogP contribution < -0.4 is 5.43 Å². The predicted octanol–water partition coefficient (Wildman–Crippen LogP) is 4.06. The second-order valence-electron chi connectivity index (χ2n) is 6.44. The van der Waals surface area contributed by atoms with Gasteiger partial charge in [-0.3, -0.25) is 4.79 Å². The topological polar surface area (TPSA) is 41.5 Å². The number of hydrogen-bond acceptors (Lipinski definition) is 2. The molecule has 0 fully saturated rings. The van der Waals surface area contributed by atoms with Crippen LogP contribution in [0, 0.1) is 6.92 Å². The first kappa shape index (κ1) is 16.0. The highest BCUT2D eigenvalue weighted by molar-refractivity contribution is 5.94. The van der Waals surface area contributed by atoms with Crippen LogP contribution in [0.3, 0.4) is 0 Å². The summed E-state index contributed by atoms with van der Waals surface area (Å²) in [6.07, 6.45) is 1.65. The second kappa shape index (κ2) is 6.56. The lowest BCUT2D eigenvalue weighted by atomic mass is 9.87. The van der Waals surface area contributed by atoms with E-state index in [4.69, 9.17) is 0 Å². The van der Waals surface area contributed by atoms with Crippen LogP contribution in [0.25, 0.3) is 0 Å². The zero-order valence-electron chi connectivity index (χ0n) is 13.6. The molecule has 0 aliphatic carbocycles. The molecule has 0 atom stereocenters. The number of benzene rings is 2. The van der Waals surface area contributed by atoms with E-state index in [-0.39, 0.29) is 11.3 Å². The molecule has 114 valence electrons. The van der Waals surface area contributed by atoms with Gasteiger partial charge in [-0.1, -0.05) is 62.7 Å². The van der Waals surface area contributed by atoms with Crippen LogP contribution in [0.5, 0.6) is 0 Å². The Morgan fingerprint density at radius 1 is 1.09 bits per heavy atom. The van der Waals surface area contributed by atoms with E-state index >= 15 is 0 Å². The third kappa shape index (κ3) is 4.29. The summed E-state index contributed by atoms with van der Waals surface area (Å²) in [6, 6.07) is 15.6. The highest BCUT2D eigenvalue weighted by atomic mass is 16.2. The average molecular weight is 294 g/mol. The Bertz CT molecular complexity index is 679. The molecule has 3 heteroatoms. The van der Waals surface area contributed by atoms with E-state index in [1.807, 2.05) is 55.5 Å². The molecule has 2 aromatic rings. The van der Waals surface area contributed by atoms with E-state index in [0.29, 0.717) is 5.56 Å². The average Bonchev–Trinajstić information content (AvgIpc) is 2.46.